The van der Waals surface area contributed by atoms with Crippen LogP contribution in [-0.4, -0.2) is 52.6 Å². The van der Waals surface area contributed by atoms with Gasteiger partial charge in [0, 0.05) is 60.6 Å². The molecule has 0 amide bonds. The van der Waals surface area contributed by atoms with Gasteiger partial charge in [-0.15, -0.1) is 0 Å². The molecular formula is C22H22ClN5O3. The van der Waals surface area contributed by atoms with Crippen LogP contribution in [0.15, 0.2) is 48.9 Å². The van der Waals surface area contributed by atoms with Crippen LogP contribution in [0.25, 0.3) is 22.2 Å². The Bertz CT molecular complexity index is 1160. The molecule has 4 aromatic rings. The van der Waals surface area contributed by atoms with E-state index in [2.05, 4.69) is 15.2 Å². The molecule has 0 aliphatic carbocycles. The fraction of sp³-hybridized carbons (Fsp3) is 0.227. The SMILES string of the molecule is COc1cc(OC)cc(N(CCCO)c2ccc3ncc(-c4cn[nH]c4)c(Cl)c3n2)c1. The first-order chi connectivity index (χ1) is 15.1. The highest BCUT2D eigenvalue weighted by Gasteiger charge is 2.17. The number of nitrogens with one attached hydrogen (secondary N) is 1. The van der Waals surface area contributed by atoms with E-state index in [4.69, 9.17) is 26.1 Å². The summed E-state index contributed by atoms with van der Waals surface area (Å²) in [5.41, 5.74) is 3.68. The van der Waals surface area contributed by atoms with E-state index in [1.807, 2.05) is 29.2 Å². The number of H-pyrrole nitrogens is 1. The van der Waals surface area contributed by atoms with E-state index in [1.165, 1.54) is 0 Å². The summed E-state index contributed by atoms with van der Waals surface area (Å²) in [4.78, 5) is 11.3. The van der Waals surface area contributed by atoms with E-state index in [0.29, 0.717) is 46.3 Å². The molecule has 0 bridgehead atoms. The third-order valence-electron chi connectivity index (χ3n) is 4.91. The molecule has 0 aliphatic heterocycles. The van der Waals surface area contributed by atoms with Crippen LogP contribution >= 0.6 is 11.6 Å². The van der Waals surface area contributed by atoms with Crippen molar-refractivity contribution < 1.29 is 14.6 Å². The van der Waals surface area contributed by atoms with Gasteiger partial charge in [0.2, 0.25) is 0 Å². The normalized spacial score (nSPS) is 11.0. The third-order valence-corrected chi connectivity index (χ3v) is 5.29. The molecule has 31 heavy (non-hydrogen) atoms. The van der Waals surface area contributed by atoms with Crippen molar-refractivity contribution in [1.82, 2.24) is 20.2 Å². The third kappa shape index (κ3) is 4.26. The standard InChI is InChI=1S/C22H22ClN5O3/c1-30-16-8-15(9-17(10-16)31-2)28(6-3-7-29)20-5-4-19-22(27-20)21(23)18(13-24-19)14-11-25-26-12-14/h4-5,8-13,29H,3,6-7H2,1-2H3,(H,25,26). The number of rotatable bonds is 8. The lowest BCUT2D eigenvalue weighted by molar-refractivity contribution is 0.290. The second-order valence-electron chi connectivity index (χ2n) is 6.81. The second kappa shape index (κ2) is 9.20. The molecule has 160 valence electrons. The fourth-order valence-electron chi connectivity index (χ4n) is 3.33. The summed E-state index contributed by atoms with van der Waals surface area (Å²) in [7, 11) is 3.21. The van der Waals surface area contributed by atoms with Crippen molar-refractivity contribution in [3.8, 4) is 22.6 Å². The minimum Gasteiger partial charge on any atom is -0.497 e. The van der Waals surface area contributed by atoms with Crippen molar-refractivity contribution in [1.29, 1.82) is 0 Å². The summed E-state index contributed by atoms with van der Waals surface area (Å²) in [5.74, 6) is 1.99. The summed E-state index contributed by atoms with van der Waals surface area (Å²) >= 11 is 6.71. The Balaban J connectivity index is 1.83. The summed E-state index contributed by atoms with van der Waals surface area (Å²) in [6.07, 6.45) is 5.72. The molecule has 0 saturated heterocycles. The lowest BCUT2D eigenvalue weighted by Gasteiger charge is -2.25. The molecule has 0 aliphatic rings. The first-order valence-electron chi connectivity index (χ1n) is 9.70. The predicted octanol–water partition coefficient (Wildman–Crippen LogP) is 4.21. The Morgan fingerprint density at radius 2 is 1.87 bits per heavy atom. The van der Waals surface area contributed by atoms with E-state index in [9.17, 15) is 5.11 Å². The molecular weight excluding hydrogens is 418 g/mol. The molecule has 3 aromatic heterocycles. The van der Waals surface area contributed by atoms with Crippen LogP contribution in [0.5, 0.6) is 11.5 Å². The zero-order chi connectivity index (χ0) is 21.8. The zero-order valence-corrected chi connectivity index (χ0v) is 17.9. The van der Waals surface area contributed by atoms with Crippen molar-refractivity contribution in [2.24, 2.45) is 0 Å². The monoisotopic (exact) mass is 439 g/mol. The van der Waals surface area contributed by atoms with Gasteiger partial charge in [-0.25, -0.2) is 4.98 Å². The van der Waals surface area contributed by atoms with Gasteiger partial charge in [0.25, 0.3) is 0 Å². The molecule has 0 atom stereocenters. The van der Waals surface area contributed by atoms with Gasteiger partial charge >= 0.3 is 0 Å². The molecule has 3 heterocycles. The van der Waals surface area contributed by atoms with Crippen LogP contribution < -0.4 is 14.4 Å². The number of aliphatic hydroxyl groups is 1. The maximum atomic E-state index is 9.43. The van der Waals surface area contributed by atoms with E-state index in [-0.39, 0.29) is 6.61 Å². The van der Waals surface area contributed by atoms with Crippen molar-refractivity contribution >= 4 is 34.1 Å². The summed E-state index contributed by atoms with van der Waals surface area (Å²) in [6.45, 7) is 0.593. The molecule has 2 N–H and O–H groups in total. The Morgan fingerprint density at radius 1 is 1.10 bits per heavy atom. The van der Waals surface area contributed by atoms with E-state index < -0.39 is 0 Å². The van der Waals surface area contributed by atoms with Crippen molar-refractivity contribution in [3.05, 3.63) is 53.9 Å². The highest BCUT2D eigenvalue weighted by atomic mass is 35.5. The summed E-state index contributed by atoms with van der Waals surface area (Å²) in [5, 5.41) is 16.7. The van der Waals surface area contributed by atoms with Gasteiger partial charge in [0.15, 0.2) is 0 Å². The number of nitrogens with zero attached hydrogens (tertiary/aromatic N) is 4. The fourth-order valence-corrected chi connectivity index (χ4v) is 3.63. The molecule has 0 fully saturated rings. The average molecular weight is 440 g/mol. The van der Waals surface area contributed by atoms with Gasteiger partial charge in [-0.3, -0.25) is 10.1 Å². The molecule has 0 spiro atoms. The molecule has 0 radical (unpaired) electrons. The first kappa shape index (κ1) is 20.9. The summed E-state index contributed by atoms with van der Waals surface area (Å²) < 4.78 is 10.8. The first-order valence-corrected chi connectivity index (χ1v) is 10.1. The van der Waals surface area contributed by atoms with Gasteiger partial charge in [0.1, 0.15) is 22.8 Å². The topological polar surface area (TPSA) is 96.4 Å². The molecule has 0 unspecified atom stereocenters. The van der Waals surface area contributed by atoms with Crippen molar-refractivity contribution in [2.75, 3.05) is 32.3 Å². The van der Waals surface area contributed by atoms with Crippen LogP contribution in [0.1, 0.15) is 6.42 Å². The van der Waals surface area contributed by atoms with E-state index in [1.54, 1.807) is 38.9 Å². The maximum absolute atomic E-state index is 9.43. The smallest absolute Gasteiger partial charge is 0.133 e. The predicted molar refractivity (Wildman–Crippen MR) is 120 cm³/mol. The number of fused-ring (bicyclic) bond motifs is 1. The highest BCUT2D eigenvalue weighted by Crippen LogP contribution is 2.36. The van der Waals surface area contributed by atoms with Crippen LogP contribution in [0.3, 0.4) is 0 Å². The van der Waals surface area contributed by atoms with Crippen molar-refractivity contribution in [2.45, 2.75) is 6.42 Å². The zero-order valence-electron chi connectivity index (χ0n) is 17.2. The Hall–Kier alpha value is -3.36. The Kier molecular flexibility index (Phi) is 6.20. The van der Waals surface area contributed by atoms with Crippen LogP contribution in [0.2, 0.25) is 5.02 Å². The van der Waals surface area contributed by atoms with E-state index >= 15 is 0 Å². The number of halogens is 1. The number of aliphatic hydroxyl groups excluding tert-OH is 1. The van der Waals surface area contributed by atoms with Gasteiger partial charge < -0.3 is 19.5 Å². The number of aromatic nitrogens is 4. The number of anilines is 2. The van der Waals surface area contributed by atoms with E-state index in [0.717, 1.165) is 16.8 Å². The van der Waals surface area contributed by atoms with Gasteiger partial charge in [-0.2, -0.15) is 5.10 Å². The lowest BCUT2D eigenvalue weighted by Crippen LogP contribution is -2.20. The maximum Gasteiger partial charge on any atom is 0.133 e. The quantitative estimate of drug-likeness (QED) is 0.424. The number of ether oxygens (including phenoxy) is 2. The largest absolute Gasteiger partial charge is 0.497 e. The van der Waals surface area contributed by atoms with Crippen LogP contribution in [0.4, 0.5) is 11.5 Å². The second-order valence-corrected chi connectivity index (χ2v) is 7.19. The Morgan fingerprint density at radius 3 is 2.52 bits per heavy atom. The number of hydrogen-bond acceptors (Lipinski definition) is 7. The lowest BCUT2D eigenvalue weighted by atomic mass is 10.1. The average Bonchev–Trinajstić information content (AvgIpc) is 3.34. The molecule has 4 rings (SSSR count). The number of methoxy groups -OCH3 is 2. The van der Waals surface area contributed by atoms with Crippen LogP contribution in [0, 0.1) is 0 Å². The number of benzene rings is 1. The molecule has 8 nitrogen and oxygen atoms in total. The van der Waals surface area contributed by atoms with Gasteiger partial charge in [-0.1, -0.05) is 11.6 Å². The molecule has 9 heteroatoms. The van der Waals surface area contributed by atoms with Crippen LogP contribution in [-0.2, 0) is 0 Å². The van der Waals surface area contributed by atoms with Gasteiger partial charge in [0.05, 0.1) is 31.0 Å². The summed E-state index contributed by atoms with van der Waals surface area (Å²) in [6, 6.07) is 9.36. The number of aromatic amines is 1. The minimum absolute atomic E-state index is 0.0537. The highest BCUT2D eigenvalue weighted by molar-refractivity contribution is 6.37. The minimum atomic E-state index is 0.0537. The molecule has 0 saturated carbocycles. The van der Waals surface area contributed by atoms with Gasteiger partial charge in [-0.05, 0) is 18.6 Å². The number of pyridine rings is 2. The number of hydrogen-bond donors (Lipinski definition) is 2. The Labute approximate surface area is 184 Å². The molecule has 1 aromatic carbocycles. The van der Waals surface area contributed by atoms with Crippen molar-refractivity contribution in [3.63, 3.8) is 0 Å².